The summed E-state index contributed by atoms with van der Waals surface area (Å²) < 4.78 is 60.5. The smallest absolute Gasteiger partial charge is 0.278 e. The zero-order chi connectivity index (χ0) is 26.3. The molecule has 3 aromatic heterocycles. The molecule has 0 unspecified atom stereocenters. The van der Waals surface area contributed by atoms with Crippen molar-refractivity contribution in [3.8, 4) is 11.1 Å². The van der Waals surface area contributed by atoms with Gasteiger partial charge in [0.25, 0.3) is 16.4 Å². The molecule has 2 fully saturated rings. The van der Waals surface area contributed by atoms with Gasteiger partial charge in [-0.3, -0.25) is 4.90 Å². The molecule has 0 spiro atoms. The first-order chi connectivity index (χ1) is 18.4. The Morgan fingerprint density at radius 2 is 1.76 bits per heavy atom. The number of fused-ring (bicyclic) bond motifs is 1. The van der Waals surface area contributed by atoms with Crippen molar-refractivity contribution >= 4 is 21.1 Å². The number of alkyl halides is 2. The molecule has 2 aliphatic rings. The highest BCUT2D eigenvalue weighted by atomic mass is 32.2. The summed E-state index contributed by atoms with van der Waals surface area (Å²) in [6.45, 7) is 3.54. The topological polar surface area (TPSA) is 80.2 Å². The van der Waals surface area contributed by atoms with Crippen LogP contribution in [0.2, 0.25) is 0 Å². The van der Waals surface area contributed by atoms with Gasteiger partial charge in [-0.05, 0) is 61.4 Å². The van der Waals surface area contributed by atoms with Crippen LogP contribution in [0.15, 0.2) is 66.0 Å². The van der Waals surface area contributed by atoms with Crippen LogP contribution in [0.25, 0.3) is 22.2 Å². The molecule has 1 aromatic carbocycles. The Morgan fingerprint density at radius 1 is 1.03 bits per heavy atom. The Morgan fingerprint density at radius 3 is 2.45 bits per heavy atom. The van der Waals surface area contributed by atoms with E-state index in [0.29, 0.717) is 28.5 Å². The van der Waals surface area contributed by atoms with Gasteiger partial charge in [0.1, 0.15) is 0 Å². The largest absolute Gasteiger partial charge is 0.379 e. The van der Waals surface area contributed by atoms with Crippen LogP contribution in [0.4, 0.5) is 8.78 Å². The number of aromatic nitrogens is 3. The Labute approximate surface area is 220 Å². The van der Waals surface area contributed by atoms with E-state index in [2.05, 4.69) is 14.9 Å². The fourth-order valence-electron chi connectivity index (χ4n) is 5.85. The second-order valence-corrected chi connectivity index (χ2v) is 11.9. The second-order valence-electron chi connectivity index (χ2n) is 10.1. The molecule has 0 amide bonds. The maximum Gasteiger partial charge on any atom is 0.278 e. The predicted octanol–water partition coefficient (Wildman–Crippen LogP) is 5.56. The highest BCUT2D eigenvalue weighted by Gasteiger charge is 2.29. The van der Waals surface area contributed by atoms with E-state index in [-0.39, 0.29) is 16.2 Å². The monoisotopic (exact) mass is 540 g/mol. The summed E-state index contributed by atoms with van der Waals surface area (Å²) in [5.41, 5.74) is 2.19. The number of pyridine rings is 1. The number of hydrogen-bond acceptors (Lipinski definition) is 5. The normalized spacial score (nSPS) is 21.3. The Balaban J connectivity index is 1.38. The number of halogens is 2. The summed E-state index contributed by atoms with van der Waals surface area (Å²) in [6.07, 6.45) is 6.35. The maximum absolute atomic E-state index is 13.6. The standard InChI is InChI=1S/C28H30F2N4O3S/c29-27(30)26-15-21(17-31-26)25-18-34(38(35,36)23-4-2-1-3-5-23)28-24(25)14-20(16-32-28)19-6-8-22(9-7-19)33-10-12-37-13-11-33/h1-5,14-19,22,27,31H,6-13H2. The van der Waals surface area contributed by atoms with Crippen LogP contribution in [0.5, 0.6) is 0 Å². The van der Waals surface area contributed by atoms with Gasteiger partial charge in [0.2, 0.25) is 0 Å². The van der Waals surface area contributed by atoms with Gasteiger partial charge in [-0.1, -0.05) is 18.2 Å². The van der Waals surface area contributed by atoms with Crippen molar-refractivity contribution in [2.75, 3.05) is 26.3 Å². The van der Waals surface area contributed by atoms with Crippen molar-refractivity contribution in [1.29, 1.82) is 0 Å². The highest BCUT2D eigenvalue weighted by molar-refractivity contribution is 7.90. The minimum absolute atomic E-state index is 0.137. The summed E-state index contributed by atoms with van der Waals surface area (Å²) in [4.78, 5) is 9.93. The van der Waals surface area contributed by atoms with E-state index >= 15 is 0 Å². The van der Waals surface area contributed by atoms with Crippen molar-refractivity contribution < 1.29 is 21.9 Å². The number of H-pyrrole nitrogens is 1. The molecule has 1 aliphatic carbocycles. The van der Waals surface area contributed by atoms with Gasteiger partial charge in [-0.15, -0.1) is 0 Å². The second kappa shape index (κ2) is 10.2. The molecule has 4 heterocycles. The Bertz CT molecular complexity index is 1520. The molecule has 0 radical (unpaired) electrons. The predicted molar refractivity (Wildman–Crippen MR) is 141 cm³/mol. The molecule has 1 aliphatic heterocycles. The van der Waals surface area contributed by atoms with E-state index in [1.54, 1.807) is 24.4 Å². The number of benzene rings is 1. The SMILES string of the molecule is O=S(=O)(c1ccccc1)n1cc(-c2c[nH]c(C(F)F)c2)c2cc(C3CCC(N4CCOCC4)CC3)cnc21. The van der Waals surface area contributed by atoms with Gasteiger partial charge >= 0.3 is 0 Å². The van der Waals surface area contributed by atoms with E-state index in [4.69, 9.17) is 4.74 Å². The summed E-state index contributed by atoms with van der Waals surface area (Å²) in [5.74, 6) is 0.314. The quantitative estimate of drug-likeness (QED) is 0.346. The number of hydrogen-bond donors (Lipinski definition) is 1. The van der Waals surface area contributed by atoms with Crippen LogP contribution in [0.3, 0.4) is 0 Å². The van der Waals surface area contributed by atoms with Gasteiger partial charge in [0.05, 0.1) is 23.8 Å². The molecular weight excluding hydrogens is 510 g/mol. The summed E-state index contributed by atoms with van der Waals surface area (Å²) in [5, 5.41) is 0.636. The van der Waals surface area contributed by atoms with Crippen molar-refractivity contribution in [2.45, 2.75) is 49.0 Å². The molecule has 1 saturated heterocycles. The lowest BCUT2D eigenvalue weighted by molar-refractivity contribution is 0.00729. The first-order valence-corrected chi connectivity index (χ1v) is 14.5. The third-order valence-electron chi connectivity index (χ3n) is 7.91. The minimum Gasteiger partial charge on any atom is -0.379 e. The first-order valence-electron chi connectivity index (χ1n) is 13.0. The van der Waals surface area contributed by atoms with E-state index in [1.165, 1.54) is 34.6 Å². The Kier molecular flexibility index (Phi) is 6.79. The summed E-state index contributed by atoms with van der Waals surface area (Å²) >= 11 is 0. The van der Waals surface area contributed by atoms with E-state index < -0.39 is 16.4 Å². The van der Waals surface area contributed by atoms with Crippen molar-refractivity contribution in [3.05, 3.63) is 72.3 Å². The zero-order valence-electron chi connectivity index (χ0n) is 20.9. The molecule has 200 valence electrons. The molecule has 38 heavy (non-hydrogen) atoms. The third kappa shape index (κ3) is 4.65. The summed E-state index contributed by atoms with van der Waals surface area (Å²) in [6, 6.07) is 12.1. The fraction of sp³-hybridized carbons (Fsp3) is 0.393. The molecule has 1 N–H and O–H groups in total. The lowest BCUT2D eigenvalue weighted by Crippen LogP contribution is -2.44. The van der Waals surface area contributed by atoms with Crippen LogP contribution < -0.4 is 0 Å². The van der Waals surface area contributed by atoms with Crippen molar-refractivity contribution in [1.82, 2.24) is 18.8 Å². The Hall–Kier alpha value is -3.08. The third-order valence-corrected chi connectivity index (χ3v) is 9.58. The lowest BCUT2D eigenvalue weighted by atomic mass is 9.81. The number of nitrogens with one attached hydrogen (secondary N) is 1. The number of nitrogens with zero attached hydrogens (tertiary/aromatic N) is 3. The summed E-state index contributed by atoms with van der Waals surface area (Å²) in [7, 11) is -3.94. The molecule has 7 nitrogen and oxygen atoms in total. The van der Waals surface area contributed by atoms with Crippen LogP contribution in [0.1, 0.15) is 49.3 Å². The lowest BCUT2D eigenvalue weighted by Gasteiger charge is -2.38. The van der Waals surface area contributed by atoms with Crippen LogP contribution in [0, 0.1) is 0 Å². The van der Waals surface area contributed by atoms with Gasteiger partial charge in [-0.25, -0.2) is 26.2 Å². The molecular formula is C28H30F2N4O3S. The molecule has 1 saturated carbocycles. The van der Waals surface area contributed by atoms with Crippen molar-refractivity contribution in [3.63, 3.8) is 0 Å². The number of rotatable bonds is 6. The van der Waals surface area contributed by atoms with Crippen molar-refractivity contribution in [2.24, 2.45) is 0 Å². The van der Waals surface area contributed by atoms with Gasteiger partial charge in [0, 0.05) is 54.2 Å². The zero-order valence-corrected chi connectivity index (χ0v) is 21.7. The molecule has 0 atom stereocenters. The number of morpholine rings is 1. The maximum atomic E-state index is 13.6. The average molecular weight is 541 g/mol. The molecule has 0 bridgehead atoms. The van der Waals surface area contributed by atoms with E-state index in [1.807, 2.05) is 6.07 Å². The van der Waals surface area contributed by atoms with Crippen LogP contribution in [-0.4, -0.2) is 59.6 Å². The molecule has 6 rings (SSSR count). The first kappa shape index (κ1) is 25.2. The number of aromatic amines is 1. The fourth-order valence-corrected chi connectivity index (χ4v) is 7.19. The van der Waals surface area contributed by atoms with Gasteiger partial charge < -0.3 is 9.72 Å². The van der Waals surface area contributed by atoms with Crippen LogP contribution >= 0.6 is 0 Å². The van der Waals surface area contributed by atoms with E-state index in [9.17, 15) is 17.2 Å². The van der Waals surface area contributed by atoms with Gasteiger partial charge in [-0.2, -0.15) is 0 Å². The van der Waals surface area contributed by atoms with Crippen LogP contribution in [-0.2, 0) is 14.8 Å². The van der Waals surface area contributed by atoms with Gasteiger partial charge in [0.15, 0.2) is 5.65 Å². The average Bonchev–Trinajstić information content (AvgIpc) is 3.60. The minimum atomic E-state index is -3.94. The van der Waals surface area contributed by atoms with E-state index in [0.717, 1.165) is 57.6 Å². The molecule has 4 aromatic rings. The highest BCUT2D eigenvalue weighted by Crippen LogP contribution is 2.39. The molecule has 10 heteroatoms. The number of ether oxygens (including phenoxy) is 1.